The van der Waals surface area contributed by atoms with Crippen molar-refractivity contribution in [2.75, 3.05) is 82.4 Å². The summed E-state index contributed by atoms with van der Waals surface area (Å²) in [5, 5.41) is 6.30. The van der Waals surface area contributed by atoms with Gasteiger partial charge in [-0.15, -0.1) is 0 Å². The van der Waals surface area contributed by atoms with E-state index in [9.17, 15) is 13.2 Å². The number of hydrogen-bond donors (Lipinski definition) is 1. The standard InChI is InChI=1S/C25H32ClF3N8O/c1-17-19(14-18(26)15-20(17)38-13-3-4-35-7-5-34(2)6-8-35)36-9-11-37(12-10-36)24-21-22(25(27,28)29)32-33-23(21)30-16-31-24/h14-16H,3-13H2,1-2H3,(H,30,31,32,33). The van der Waals surface area contributed by atoms with Gasteiger partial charge in [-0.2, -0.15) is 18.3 Å². The summed E-state index contributed by atoms with van der Waals surface area (Å²) in [6, 6.07) is 3.77. The first-order valence-electron chi connectivity index (χ1n) is 12.8. The number of nitrogens with one attached hydrogen (secondary N) is 1. The van der Waals surface area contributed by atoms with Crippen LogP contribution in [-0.4, -0.2) is 103 Å². The molecule has 3 aromatic rings. The quantitative estimate of drug-likeness (QED) is 0.445. The number of fused-ring (bicyclic) bond motifs is 1. The van der Waals surface area contributed by atoms with E-state index in [1.807, 2.05) is 24.0 Å². The van der Waals surface area contributed by atoms with Gasteiger partial charge in [0.05, 0.1) is 12.0 Å². The third-order valence-electron chi connectivity index (χ3n) is 7.30. The van der Waals surface area contributed by atoms with E-state index >= 15 is 0 Å². The maximum Gasteiger partial charge on any atom is 0.433 e. The van der Waals surface area contributed by atoms with Crippen molar-refractivity contribution in [3.8, 4) is 5.75 Å². The molecule has 0 unspecified atom stereocenters. The molecule has 13 heteroatoms. The van der Waals surface area contributed by atoms with Crippen molar-refractivity contribution in [2.45, 2.75) is 19.5 Å². The van der Waals surface area contributed by atoms with Crippen molar-refractivity contribution in [1.82, 2.24) is 30.0 Å². The molecule has 9 nitrogen and oxygen atoms in total. The van der Waals surface area contributed by atoms with E-state index in [1.165, 1.54) is 6.33 Å². The largest absolute Gasteiger partial charge is 0.493 e. The van der Waals surface area contributed by atoms with Crippen LogP contribution in [0.15, 0.2) is 18.5 Å². The molecule has 0 aliphatic carbocycles. The van der Waals surface area contributed by atoms with Gasteiger partial charge in [0.1, 0.15) is 17.9 Å². The minimum atomic E-state index is -4.57. The number of anilines is 2. The molecule has 2 aliphatic rings. The Morgan fingerprint density at radius 2 is 1.71 bits per heavy atom. The summed E-state index contributed by atoms with van der Waals surface area (Å²) in [7, 11) is 2.15. The van der Waals surface area contributed by atoms with Gasteiger partial charge < -0.3 is 24.3 Å². The average Bonchev–Trinajstić information content (AvgIpc) is 3.35. The lowest BCUT2D eigenvalue weighted by Gasteiger charge is -2.37. The highest BCUT2D eigenvalue weighted by atomic mass is 35.5. The van der Waals surface area contributed by atoms with E-state index in [0.717, 1.165) is 56.1 Å². The minimum Gasteiger partial charge on any atom is -0.493 e. The molecule has 38 heavy (non-hydrogen) atoms. The van der Waals surface area contributed by atoms with Crippen LogP contribution >= 0.6 is 11.6 Å². The smallest absolute Gasteiger partial charge is 0.433 e. The number of likely N-dealkylation sites (N-methyl/N-ethyl adjacent to an activating group) is 1. The second-order valence-corrected chi connectivity index (χ2v) is 10.3. The number of rotatable bonds is 7. The lowest BCUT2D eigenvalue weighted by Crippen LogP contribution is -2.47. The van der Waals surface area contributed by atoms with Crippen molar-refractivity contribution in [1.29, 1.82) is 0 Å². The fourth-order valence-corrected chi connectivity index (χ4v) is 5.31. The van der Waals surface area contributed by atoms with Crippen LogP contribution in [-0.2, 0) is 6.18 Å². The van der Waals surface area contributed by atoms with E-state index in [0.29, 0.717) is 37.8 Å². The zero-order chi connectivity index (χ0) is 26.9. The van der Waals surface area contributed by atoms with Gasteiger partial charge >= 0.3 is 6.18 Å². The Bertz CT molecular complexity index is 1250. The Hall–Kier alpha value is -2.83. The van der Waals surface area contributed by atoms with Crippen LogP contribution in [0.1, 0.15) is 17.7 Å². The number of halogens is 4. The molecule has 5 rings (SSSR count). The van der Waals surface area contributed by atoms with Crippen LogP contribution in [0.4, 0.5) is 24.7 Å². The van der Waals surface area contributed by atoms with E-state index < -0.39 is 11.9 Å². The number of benzene rings is 1. The summed E-state index contributed by atoms with van der Waals surface area (Å²) in [6.45, 7) is 10.2. The molecule has 2 fully saturated rings. The number of nitrogens with zero attached hydrogens (tertiary/aromatic N) is 7. The first kappa shape index (κ1) is 26.8. The molecule has 2 aromatic heterocycles. The zero-order valence-corrected chi connectivity index (χ0v) is 22.3. The third kappa shape index (κ3) is 5.76. The number of hydrogen-bond acceptors (Lipinski definition) is 8. The Kier molecular flexibility index (Phi) is 7.83. The van der Waals surface area contributed by atoms with E-state index in [1.54, 1.807) is 0 Å². The van der Waals surface area contributed by atoms with Gasteiger partial charge in [0.15, 0.2) is 11.3 Å². The van der Waals surface area contributed by atoms with Crippen LogP contribution in [0.3, 0.4) is 0 Å². The van der Waals surface area contributed by atoms with Crippen LogP contribution < -0.4 is 14.5 Å². The summed E-state index contributed by atoms with van der Waals surface area (Å²) < 4.78 is 46.8. The number of aromatic amines is 1. The molecule has 0 bridgehead atoms. The summed E-state index contributed by atoms with van der Waals surface area (Å²) in [5.74, 6) is 1.00. The van der Waals surface area contributed by atoms with E-state index in [-0.39, 0.29) is 16.9 Å². The first-order valence-corrected chi connectivity index (χ1v) is 13.2. The topological polar surface area (TPSA) is 76.7 Å². The molecular weight excluding hydrogens is 521 g/mol. The molecule has 206 valence electrons. The fourth-order valence-electron chi connectivity index (χ4n) is 5.10. The van der Waals surface area contributed by atoms with E-state index in [2.05, 4.69) is 41.9 Å². The molecule has 4 heterocycles. The zero-order valence-electron chi connectivity index (χ0n) is 21.6. The lowest BCUT2D eigenvalue weighted by atomic mass is 10.1. The second kappa shape index (κ2) is 11.1. The van der Waals surface area contributed by atoms with Gasteiger partial charge in [0.2, 0.25) is 0 Å². The van der Waals surface area contributed by atoms with Crippen LogP contribution in [0.2, 0.25) is 5.02 Å². The monoisotopic (exact) mass is 552 g/mol. The van der Waals surface area contributed by atoms with E-state index in [4.69, 9.17) is 16.3 Å². The molecule has 0 amide bonds. The number of H-pyrrole nitrogens is 1. The Morgan fingerprint density at radius 1 is 1.00 bits per heavy atom. The van der Waals surface area contributed by atoms with Crippen molar-refractivity contribution >= 4 is 34.1 Å². The van der Waals surface area contributed by atoms with Gasteiger partial charge in [-0.25, -0.2) is 9.97 Å². The molecule has 1 N–H and O–H groups in total. The number of ether oxygens (including phenoxy) is 1. The van der Waals surface area contributed by atoms with Gasteiger partial charge in [-0.3, -0.25) is 5.10 Å². The van der Waals surface area contributed by atoms with Crippen molar-refractivity contribution in [3.05, 3.63) is 34.7 Å². The number of piperazine rings is 2. The van der Waals surface area contributed by atoms with Crippen molar-refractivity contribution in [2.24, 2.45) is 0 Å². The maximum atomic E-state index is 13.5. The van der Waals surface area contributed by atoms with Gasteiger partial charge in [-0.1, -0.05) is 11.6 Å². The molecular formula is C25H32ClF3N8O. The number of alkyl halides is 3. The van der Waals surface area contributed by atoms with Crippen molar-refractivity contribution < 1.29 is 17.9 Å². The summed E-state index contributed by atoms with van der Waals surface area (Å²) in [6.07, 6.45) is -2.39. The van der Waals surface area contributed by atoms with Gasteiger partial charge in [0.25, 0.3) is 0 Å². The van der Waals surface area contributed by atoms with Crippen LogP contribution in [0.25, 0.3) is 11.0 Å². The molecule has 0 saturated carbocycles. The highest BCUT2D eigenvalue weighted by Crippen LogP contribution is 2.37. The SMILES string of the molecule is Cc1c(OCCCN2CCN(C)CC2)cc(Cl)cc1N1CCN(c2ncnc3n[nH]c(C(F)(F)F)c23)CC1. The van der Waals surface area contributed by atoms with Crippen LogP contribution in [0.5, 0.6) is 5.75 Å². The molecule has 1 aromatic carbocycles. The predicted molar refractivity (Wildman–Crippen MR) is 141 cm³/mol. The fraction of sp³-hybridized carbons (Fsp3) is 0.560. The van der Waals surface area contributed by atoms with Crippen molar-refractivity contribution in [3.63, 3.8) is 0 Å². The lowest BCUT2D eigenvalue weighted by molar-refractivity contribution is -0.139. The molecule has 2 aliphatic heterocycles. The molecule has 2 saturated heterocycles. The Balaban J connectivity index is 1.23. The predicted octanol–water partition coefficient (Wildman–Crippen LogP) is 3.68. The minimum absolute atomic E-state index is 0.00449. The summed E-state index contributed by atoms with van der Waals surface area (Å²) >= 11 is 6.46. The highest BCUT2D eigenvalue weighted by Gasteiger charge is 2.38. The first-order chi connectivity index (χ1) is 18.2. The summed E-state index contributed by atoms with van der Waals surface area (Å²) in [4.78, 5) is 16.9. The number of aromatic nitrogens is 4. The second-order valence-electron chi connectivity index (χ2n) is 9.86. The third-order valence-corrected chi connectivity index (χ3v) is 7.52. The normalized spacial score (nSPS) is 17.9. The average molecular weight is 553 g/mol. The summed E-state index contributed by atoms with van der Waals surface area (Å²) in [5.41, 5.74) is 1.05. The van der Waals surface area contributed by atoms with Crippen LogP contribution in [0, 0.1) is 6.92 Å². The van der Waals surface area contributed by atoms with Gasteiger partial charge in [-0.05, 0) is 32.5 Å². The Morgan fingerprint density at radius 3 is 2.42 bits per heavy atom. The Labute approximate surface area is 224 Å². The molecule has 0 radical (unpaired) electrons. The maximum absolute atomic E-state index is 13.5. The molecule has 0 atom stereocenters. The highest BCUT2D eigenvalue weighted by molar-refractivity contribution is 6.31. The molecule has 0 spiro atoms. The van der Waals surface area contributed by atoms with Gasteiger partial charge in [0, 0.05) is 75.2 Å².